The van der Waals surface area contributed by atoms with Crippen LogP contribution >= 0.6 is 11.3 Å². The second-order valence-corrected chi connectivity index (χ2v) is 8.12. The first-order valence-electron chi connectivity index (χ1n) is 8.70. The fraction of sp³-hybridized carbons (Fsp3) is 0.611. The molecule has 2 fully saturated rings. The molecule has 1 N–H and O–H groups in total. The summed E-state index contributed by atoms with van der Waals surface area (Å²) in [6.07, 6.45) is 9.19. The van der Waals surface area contributed by atoms with Crippen molar-refractivity contribution in [3.63, 3.8) is 0 Å². The van der Waals surface area contributed by atoms with Crippen molar-refractivity contribution in [1.29, 1.82) is 0 Å². The molecule has 0 amide bonds. The van der Waals surface area contributed by atoms with E-state index in [-0.39, 0.29) is 0 Å². The van der Waals surface area contributed by atoms with E-state index in [1.54, 1.807) is 0 Å². The average Bonchev–Trinajstić information content (AvgIpc) is 2.95. The van der Waals surface area contributed by atoms with Gasteiger partial charge in [-0.05, 0) is 55.6 Å². The number of aromatic nitrogens is 2. The van der Waals surface area contributed by atoms with Crippen molar-refractivity contribution < 1.29 is 0 Å². The molecule has 1 aliphatic heterocycles. The summed E-state index contributed by atoms with van der Waals surface area (Å²) in [5.74, 6) is 1.19. The minimum absolute atomic E-state index is 0.589. The van der Waals surface area contributed by atoms with Crippen LogP contribution < -0.4 is 5.32 Å². The molecule has 0 radical (unpaired) electrons. The van der Waals surface area contributed by atoms with Crippen LogP contribution in [0, 0.1) is 5.41 Å². The van der Waals surface area contributed by atoms with Gasteiger partial charge in [0.25, 0.3) is 0 Å². The van der Waals surface area contributed by atoms with Gasteiger partial charge in [0.05, 0.1) is 6.54 Å². The Labute approximate surface area is 142 Å². The van der Waals surface area contributed by atoms with Gasteiger partial charge in [-0.15, -0.1) is 11.3 Å². The molecule has 1 saturated carbocycles. The predicted molar refractivity (Wildman–Crippen MR) is 94.6 cm³/mol. The average molecular weight is 331 g/mol. The predicted octanol–water partition coefficient (Wildman–Crippen LogP) is 2.67. The lowest BCUT2D eigenvalue weighted by Gasteiger charge is -2.29. The topological polar surface area (TPSA) is 33.1 Å². The summed E-state index contributed by atoms with van der Waals surface area (Å²) in [4.78, 5) is 8.75. The Morgan fingerprint density at radius 2 is 2.30 bits per heavy atom. The van der Waals surface area contributed by atoms with E-state index in [0.29, 0.717) is 5.41 Å². The smallest absolute Gasteiger partial charge is 0.122 e. The molecule has 1 spiro atoms. The lowest BCUT2D eigenvalue weighted by Crippen LogP contribution is -2.37. The maximum absolute atomic E-state index is 4.56. The Kier molecular flexibility index (Phi) is 4.26. The first kappa shape index (κ1) is 15.4. The summed E-state index contributed by atoms with van der Waals surface area (Å²) >= 11 is 1.88. The van der Waals surface area contributed by atoms with Gasteiger partial charge in [-0.25, -0.2) is 4.98 Å². The maximum Gasteiger partial charge on any atom is 0.122 e. The minimum atomic E-state index is 0.589. The zero-order valence-electron chi connectivity index (χ0n) is 13.9. The van der Waals surface area contributed by atoms with Gasteiger partial charge in [-0.1, -0.05) is 6.07 Å². The van der Waals surface area contributed by atoms with Gasteiger partial charge >= 0.3 is 0 Å². The van der Waals surface area contributed by atoms with Gasteiger partial charge in [-0.2, -0.15) is 0 Å². The number of hydrogen-bond donors (Lipinski definition) is 1. The van der Waals surface area contributed by atoms with Crippen LogP contribution in [0.2, 0.25) is 0 Å². The zero-order chi connectivity index (χ0) is 15.7. The molecule has 2 aromatic rings. The molecule has 124 valence electrons. The second-order valence-electron chi connectivity index (χ2n) is 7.09. The third-order valence-corrected chi connectivity index (χ3v) is 6.61. The molecule has 3 heterocycles. The lowest BCUT2D eigenvalue weighted by atomic mass is 9.93. The van der Waals surface area contributed by atoms with E-state index in [0.717, 1.165) is 25.6 Å². The number of rotatable bonds is 6. The number of nitrogens with zero attached hydrogens (tertiary/aromatic N) is 3. The Morgan fingerprint density at radius 1 is 1.43 bits per heavy atom. The normalized spacial score (nSPS) is 22.8. The van der Waals surface area contributed by atoms with Crippen LogP contribution in [0.4, 0.5) is 0 Å². The first-order valence-corrected chi connectivity index (χ1v) is 9.58. The molecule has 1 unspecified atom stereocenters. The van der Waals surface area contributed by atoms with Gasteiger partial charge in [0, 0.05) is 36.9 Å². The van der Waals surface area contributed by atoms with E-state index in [1.165, 1.54) is 43.1 Å². The molecule has 4 rings (SSSR count). The van der Waals surface area contributed by atoms with E-state index < -0.39 is 0 Å². The molecule has 2 aromatic heterocycles. The zero-order valence-corrected chi connectivity index (χ0v) is 14.7. The first-order chi connectivity index (χ1) is 11.3. The third-order valence-electron chi connectivity index (χ3n) is 5.68. The summed E-state index contributed by atoms with van der Waals surface area (Å²) in [6.45, 7) is 4.51. The Bertz CT molecular complexity index is 627. The van der Waals surface area contributed by atoms with Crippen LogP contribution in [0.15, 0.2) is 29.9 Å². The highest BCUT2D eigenvalue weighted by molar-refractivity contribution is 7.09. The minimum Gasteiger partial charge on any atom is -0.337 e. The fourth-order valence-electron chi connectivity index (χ4n) is 4.09. The van der Waals surface area contributed by atoms with Crippen LogP contribution in [0.3, 0.4) is 0 Å². The highest BCUT2D eigenvalue weighted by Crippen LogP contribution is 2.56. The third kappa shape index (κ3) is 3.23. The SMILES string of the molecule is Cn1ccnc1CN(CCc1cccs1)C1CC12CCNCC2. The van der Waals surface area contributed by atoms with E-state index >= 15 is 0 Å². The van der Waals surface area contributed by atoms with E-state index in [2.05, 4.69) is 50.5 Å². The van der Waals surface area contributed by atoms with Gasteiger partial charge in [0.1, 0.15) is 5.82 Å². The number of hydrogen-bond acceptors (Lipinski definition) is 4. The van der Waals surface area contributed by atoms with Crippen molar-refractivity contribution in [2.24, 2.45) is 12.5 Å². The van der Waals surface area contributed by atoms with Gasteiger partial charge in [0.2, 0.25) is 0 Å². The standard InChI is InChI=1S/C18H26N4S/c1-21-11-9-20-17(21)14-22(10-4-15-3-2-12-23-15)16-13-18(16)5-7-19-8-6-18/h2-3,9,11-12,16,19H,4-8,10,13-14H2,1H3. The molecule has 4 nitrogen and oxygen atoms in total. The summed E-state index contributed by atoms with van der Waals surface area (Å²) in [5, 5.41) is 5.70. The Morgan fingerprint density at radius 3 is 3.00 bits per heavy atom. The van der Waals surface area contributed by atoms with Crippen molar-refractivity contribution in [1.82, 2.24) is 19.8 Å². The van der Waals surface area contributed by atoms with Gasteiger partial charge in [0.15, 0.2) is 0 Å². The van der Waals surface area contributed by atoms with E-state index in [9.17, 15) is 0 Å². The molecule has 0 aromatic carbocycles. The Balaban J connectivity index is 1.46. The number of imidazole rings is 1. The van der Waals surface area contributed by atoms with E-state index in [4.69, 9.17) is 0 Å². The maximum atomic E-state index is 4.56. The monoisotopic (exact) mass is 330 g/mol. The quantitative estimate of drug-likeness (QED) is 0.884. The van der Waals surface area contributed by atoms with Gasteiger partial charge < -0.3 is 9.88 Å². The molecule has 1 saturated heterocycles. The van der Waals surface area contributed by atoms with Crippen molar-refractivity contribution in [3.05, 3.63) is 40.6 Å². The molecule has 2 aliphatic rings. The second kappa shape index (κ2) is 6.38. The summed E-state index contributed by atoms with van der Waals surface area (Å²) in [7, 11) is 2.10. The lowest BCUT2D eigenvalue weighted by molar-refractivity contribution is 0.192. The number of nitrogens with one attached hydrogen (secondary N) is 1. The van der Waals surface area contributed by atoms with Crippen LogP contribution in [-0.2, 0) is 20.0 Å². The molecule has 1 atom stereocenters. The molecule has 23 heavy (non-hydrogen) atoms. The van der Waals surface area contributed by atoms with E-state index in [1.807, 2.05) is 17.5 Å². The highest BCUT2D eigenvalue weighted by Gasteiger charge is 2.56. The Hall–Kier alpha value is -1.17. The molecular weight excluding hydrogens is 304 g/mol. The molecular formula is C18H26N4S. The molecule has 1 aliphatic carbocycles. The highest BCUT2D eigenvalue weighted by atomic mass is 32.1. The summed E-state index contributed by atoms with van der Waals surface area (Å²) in [6, 6.07) is 5.17. The van der Waals surface area contributed by atoms with Crippen molar-refractivity contribution in [2.45, 2.75) is 38.3 Å². The number of aryl methyl sites for hydroxylation is 1. The van der Waals surface area contributed by atoms with Crippen LogP contribution in [-0.4, -0.2) is 40.1 Å². The van der Waals surface area contributed by atoms with Crippen molar-refractivity contribution >= 4 is 11.3 Å². The molecule has 5 heteroatoms. The summed E-state index contributed by atoms with van der Waals surface area (Å²) in [5.41, 5.74) is 0.589. The van der Waals surface area contributed by atoms with Crippen LogP contribution in [0.25, 0.3) is 0 Å². The van der Waals surface area contributed by atoms with Crippen molar-refractivity contribution in [3.8, 4) is 0 Å². The molecule has 0 bridgehead atoms. The fourth-order valence-corrected chi connectivity index (χ4v) is 4.79. The number of thiophene rings is 1. The van der Waals surface area contributed by atoms with Gasteiger partial charge in [-0.3, -0.25) is 4.90 Å². The van der Waals surface area contributed by atoms with Crippen LogP contribution in [0.5, 0.6) is 0 Å². The largest absolute Gasteiger partial charge is 0.337 e. The van der Waals surface area contributed by atoms with Crippen molar-refractivity contribution in [2.75, 3.05) is 19.6 Å². The summed E-state index contributed by atoms with van der Waals surface area (Å²) < 4.78 is 2.16. The van der Waals surface area contributed by atoms with Crippen LogP contribution in [0.1, 0.15) is 30.0 Å². The number of piperidine rings is 1.